The molecule has 0 bridgehead atoms. The van der Waals surface area contributed by atoms with Crippen LogP contribution in [-0.4, -0.2) is 39.6 Å². The summed E-state index contributed by atoms with van der Waals surface area (Å²) >= 11 is 0. The van der Waals surface area contributed by atoms with Crippen molar-refractivity contribution in [1.82, 2.24) is 10.6 Å². The van der Waals surface area contributed by atoms with E-state index in [4.69, 9.17) is 0 Å². The third kappa shape index (κ3) is 6.33. The highest BCUT2D eigenvalue weighted by atomic mass is 32.2. The lowest BCUT2D eigenvalue weighted by molar-refractivity contribution is -0.118. The predicted molar refractivity (Wildman–Crippen MR) is 76.0 cm³/mol. The van der Waals surface area contributed by atoms with Gasteiger partial charge in [0.2, 0.25) is 5.91 Å². The Morgan fingerprint density at radius 1 is 1.05 bits per heavy atom. The highest BCUT2D eigenvalue weighted by Gasteiger charge is 2.07. The molecule has 20 heavy (non-hydrogen) atoms. The lowest BCUT2D eigenvalue weighted by Gasteiger charge is -2.06. The first-order valence-electron chi connectivity index (χ1n) is 6.07. The van der Waals surface area contributed by atoms with Gasteiger partial charge in [0.15, 0.2) is 9.84 Å². The van der Waals surface area contributed by atoms with Gasteiger partial charge in [0.1, 0.15) is 0 Å². The topological polar surface area (TPSA) is 92.3 Å². The number of sulfone groups is 1. The van der Waals surface area contributed by atoms with Crippen LogP contribution in [0.4, 0.5) is 0 Å². The Kier molecular flexibility index (Phi) is 5.69. The van der Waals surface area contributed by atoms with Crippen LogP contribution in [0, 0.1) is 0 Å². The van der Waals surface area contributed by atoms with Crippen molar-refractivity contribution in [2.24, 2.45) is 0 Å². The van der Waals surface area contributed by atoms with Crippen LogP contribution >= 0.6 is 0 Å². The van der Waals surface area contributed by atoms with E-state index < -0.39 is 9.84 Å². The number of carbonyl (C=O) groups is 2. The van der Waals surface area contributed by atoms with Crippen LogP contribution in [-0.2, 0) is 20.4 Å². The van der Waals surface area contributed by atoms with E-state index in [1.54, 1.807) is 24.3 Å². The summed E-state index contributed by atoms with van der Waals surface area (Å²) in [6, 6.07) is 6.38. The van der Waals surface area contributed by atoms with Gasteiger partial charge >= 0.3 is 0 Å². The van der Waals surface area contributed by atoms with Gasteiger partial charge in [-0.15, -0.1) is 0 Å². The van der Waals surface area contributed by atoms with Gasteiger partial charge in [0.25, 0.3) is 5.91 Å². The van der Waals surface area contributed by atoms with Crippen LogP contribution in [0.2, 0.25) is 0 Å². The van der Waals surface area contributed by atoms with Crippen molar-refractivity contribution in [1.29, 1.82) is 0 Å². The predicted octanol–water partition coefficient (Wildman–Crippen LogP) is 0.0971. The van der Waals surface area contributed by atoms with Gasteiger partial charge in [-0.3, -0.25) is 9.59 Å². The van der Waals surface area contributed by atoms with Gasteiger partial charge in [-0.25, -0.2) is 8.42 Å². The molecule has 0 aromatic heterocycles. The maximum Gasteiger partial charge on any atom is 0.251 e. The summed E-state index contributed by atoms with van der Waals surface area (Å²) in [6.45, 7) is 2.11. The number of benzene rings is 1. The van der Waals surface area contributed by atoms with E-state index >= 15 is 0 Å². The van der Waals surface area contributed by atoms with Crippen molar-refractivity contribution in [3.05, 3.63) is 35.4 Å². The van der Waals surface area contributed by atoms with E-state index in [0.29, 0.717) is 24.2 Å². The smallest absolute Gasteiger partial charge is 0.251 e. The fraction of sp³-hybridized carbons (Fsp3) is 0.385. The van der Waals surface area contributed by atoms with Gasteiger partial charge in [0, 0.05) is 31.8 Å². The summed E-state index contributed by atoms with van der Waals surface area (Å²) in [5.41, 5.74) is 1.09. The van der Waals surface area contributed by atoms with Crippen molar-refractivity contribution in [3.8, 4) is 0 Å². The lowest BCUT2D eigenvalue weighted by atomic mass is 10.1. The summed E-state index contributed by atoms with van der Waals surface area (Å²) in [5, 5.41) is 5.22. The van der Waals surface area contributed by atoms with Crippen LogP contribution in [0.15, 0.2) is 24.3 Å². The number of amides is 2. The Bertz CT molecular complexity index is 579. The molecule has 0 spiro atoms. The molecular formula is C13H18N2O4S. The normalized spacial score (nSPS) is 10.9. The molecule has 0 unspecified atom stereocenters. The molecule has 1 rings (SSSR count). The summed E-state index contributed by atoms with van der Waals surface area (Å²) < 4.78 is 22.3. The second kappa shape index (κ2) is 7.04. The molecule has 2 N–H and O–H groups in total. The molecule has 0 fully saturated rings. The van der Waals surface area contributed by atoms with Crippen molar-refractivity contribution in [2.75, 3.05) is 19.3 Å². The zero-order chi connectivity index (χ0) is 15.2. The Morgan fingerprint density at radius 3 is 2.10 bits per heavy atom. The number of rotatable bonds is 6. The fourth-order valence-electron chi connectivity index (χ4n) is 1.57. The maximum atomic E-state index is 11.7. The number of hydrogen-bond acceptors (Lipinski definition) is 4. The third-order valence-electron chi connectivity index (χ3n) is 2.43. The van der Waals surface area contributed by atoms with Crippen LogP contribution in [0.1, 0.15) is 22.8 Å². The molecule has 6 nitrogen and oxygen atoms in total. The lowest BCUT2D eigenvalue weighted by Crippen LogP contribution is -2.33. The van der Waals surface area contributed by atoms with E-state index in [2.05, 4.69) is 10.6 Å². The fourth-order valence-corrected chi connectivity index (χ4v) is 2.37. The van der Waals surface area contributed by atoms with E-state index in [1.807, 2.05) is 0 Å². The van der Waals surface area contributed by atoms with Crippen LogP contribution in [0.3, 0.4) is 0 Å². The van der Waals surface area contributed by atoms with Crippen LogP contribution in [0.5, 0.6) is 0 Å². The molecule has 0 aliphatic heterocycles. The van der Waals surface area contributed by atoms with Gasteiger partial charge in [-0.2, -0.15) is 0 Å². The molecule has 2 amide bonds. The Labute approximate surface area is 118 Å². The molecule has 0 aliphatic carbocycles. The highest BCUT2D eigenvalue weighted by molar-refractivity contribution is 7.89. The molecular weight excluding hydrogens is 280 g/mol. The quantitative estimate of drug-likeness (QED) is 0.728. The monoisotopic (exact) mass is 298 g/mol. The maximum absolute atomic E-state index is 11.7. The van der Waals surface area contributed by atoms with Crippen molar-refractivity contribution >= 4 is 21.7 Å². The first kappa shape index (κ1) is 16.2. The molecule has 0 aliphatic rings. The van der Waals surface area contributed by atoms with Gasteiger partial charge < -0.3 is 10.6 Å². The molecule has 7 heteroatoms. The largest absolute Gasteiger partial charge is 0.355 e. The van der Waals surface area contributed by atoms with Gasteiger partial charge in [-0.1, -0.05) is 12.1 Å². The number of hydrogen-bond donors (Lipinski definition) is 2. The van der Waals surface area contributed by atoms with E-state index in [1.165, 1.54) is 6.92 Å². The number of nitrogens with one attached hydrogen (secondary N) is 2. The molecule has 1 aromatic rings. The van der Waals surface area contributed by atoms with E-state index in [0.717, 1.165) is 6.26 Å². The first-order valence-corrected chi connectivity index (χ1v) is 8.13. The van der Waals surface area contributed by atoms with Gasteiger partial charge in [-0.05, 0) is 17.7 Å². The standard InChI is InChI=1S/C13H18N2O4S/c1-10(16)14-7-8-15-13(17)12-5-3-11(4-6-12)9-20(2,18)19/h3-6H,7-9H2,1-2H3,(H,14,16)(H,15,17). The summed E-state index contributed by atoms with van der Waals surface area (Å²) in [6.07, 6.45) is 1.16. The molecule has 110 valence electrons. The molecule has 0 saturated carbocycles. The van der Waals surface area contributed by atoms with Gasteiger partial charge in [0.05, 0.1) is 5.75 Å². The summed E-state index contributed by atoms with van der Waals surface area (Å²) in [4.78, 5) is 22.4. The molecule has 0 radical (unpaired) electrons. The second-order valence-corrected chi connectivity index (χ2v) is 6.65. The minimum atomic E-state index is -3.08. The highest BCUT2D eigenvalue weighted by Crippen LogP contribution is 2.07. The molecule has 1 aromatic carbocycles. The Hall–Kier alpha value is -1.89. The zero-order valence-electron chi connectivity index (χ0n) is 11.5. The summed E-state index contributed by atoms with van der Waals surface area (Å²) in [7, 11) is -3.08. The van der Waals surface area contributed by atoms with Crippen LogP contribution < -0.4 is 10.6 Å². The van der Waals surface area contributed by atoms with Crippen LogP contribution in [0.25, 0.3) is 0 Å². The number of carbonyl (C=O) groups excluding carboxylic acids is 2. The summed E-state index contributed by atoms with van der Waals surface area (Å²) in [5.74, 6) is -0.456. The first-order chi connectivity index (χ1) is 9.28. The zero-order valence-corrected chi connectivity index (χ0v) is 12.3. The van der Waals surface area contributed by atoms with Crippen molar-refractivity contribution in [3.63, 3.8) is 0 Å². The van der Waals surface area contributed by atoms with Crippen molar-refractivity contribution in [2.45, 2.75) is 12.7 Å². The minimum Gasteiger partial charge on any atom is -0.355 e. The third-order valence-corrected chi connectivity index (χ3v) is 3.29. The van der Waals surface area contributed by atoms with E-state index in [-0.39, 0.29) is 17.6 Å². The SMILES string of the molecule is CC(=O)NCCNC(=O)c1ccc(CS(C)(=O)=O)cc1. The average Bonchev–Trinajstić information content (AvgIpc) is 2.33. The van der Waals surface area contributed by atoms with Crippen molar-refractivity contribution < 1.29 is 18.0 Å². The Morgan fingerprint density at radius 2 is 1.60 bits per heavy atom. The molecule has 0 atom stereocenters. The molecule has 0 saturated heterocycles. The van der Waals surface area contributed by atoms with E-state index in [9.17, 15) is 18.0 Å². The molecule has 0 heterocycles. The Balaban J connectivity index is 2.51. The average molecular weight is 298 g/mol. The second-order valence-electron chi connectivity index (χ2n) is 4.51. The minimum absolute atomic E-state index is 0.0442.